The number of carbonyl (C=O) groups is 1. The molecule has 16 heavy (non-hydrogen) atoms. The van der Waals surface area contributed by atoms with Gasteiger partial charge in [0.15, 0.2) is 0 Å². The monoisotopic (exact) mass is 366 g/mol. The number of pyridine rings is 1. The number of halogens is 3. The van der Waals surface area contributed by atoms with Crippen molar-refractivity contribution in [2.45, 2.75) is 6.42 Å². The van der Waals surface area contributed by atoms with Crippen molar-refractivity contribution in [3.63, 3.8) is 0 Å². The van der Waals surface area contributed by atoms with Crippen LogP contribution in [0.3, 0.4) is 0 Å². The molecular formula is C10H9Br2ClN2O. The van der Waals surface area contributed by atoms with Crippen molar-refractivity contribution in [2.24, 2.45) is 5.92 Å². The summed E-state index contributed by atoms with van der Waals surface area (Å²) in [6.45, 7) is 0.706. The average Bonchev–Trinajstić information content (AvgIpc) is 2.60. The SMILES string of the molecule is O=C1CC(CBr)CN1c1ncc(Cl)cc1Br. The van der Waals surface area contributed by atoms with Crippen molar-refractivity contribution >= 4 is 55.2 Å². The Morgan fingerprint density at radius 2 is 2.38 bits per heavy atom. The number of anilines is 1. The molecule has 1 aromatic rings. The molecule has 0 radical (unpaired) electrons. The fraction of sp³-hybridized carbons (Fsp3) is 0.400. The molecule has 1 aliphatic heterocycles. The van der Waals surface area contributed by atoms with Crippen molar-refractivity contribution in [1.82, 2.24) is 4.98 Å². The maximum absolute atomic E-state index is 11.8. The molecule has 1 saturated heterocycles. The maximum atomic E-state index is 11.8. The first kappa shape index (κ1) is 12.3. The number of nitrogens with zero attached hydrogens (tertiary/aromatic N) is 2. The number of hydrogen-bond acceptors (Lipinski definition) is 2. The number of carbonyl (C=O) groups excluding carboxylic acids is 1. The highest BCUT2D eigenvalue weighted by Gasteiger charge is 2.31. The molecule has 3 nitrogen and oxygen atoms in total. The Morgan fingerprint density at radius 3 is 2.94 bits per heavy atom. The highest BCUT2D eigenvalue weighted by molar-refractivity contribution is 9.10. The third-order valence-electron chi connectivity index (χ3n) is 2.47. The summed E-state index contributed by atoms with van der Waals surface area (Å²) < 4.78 is 0.753. The van der Waals surface area contributed by atoms with E-state index in [1.807, 2.05) is 0 Å². The number of hydrogen-bond donors (Lipinski definition) is 0. The maximum Gasteiger partial charge on any atom is 0.228 e. The van der Waals surface area contributed by atoms with Gasteiger partial charge in [-0.25, -0.2) is 4.98 Å². The average molecular weight is 368 g/mol. The van der Waals surface area contributed by atoms with Crippen LogP contribution < -0.4 is 4.90 Å². The van der Waals surface area contributed by atoms with Crippen molar-refractivity contribution in [3.05, 3.63) is 21.8 Å². The quantitative estimate of drug-likeness (QED) is 0.751. The molecule has 86 valence electrons. The van der Waals surface area contributed by atoms with Crippen LogP contribution in [0.25, 0.3) is 0 Å². The topological polar surface area (TPSA) is 33.2 Å². The Hall–Kier alpha value is -0.130. The van der Waals surface area contributed by atoms with Gasteiger partial charge in [0, 0.05) is 24.5 Å². The standard InChI is InChI=1S/C10H9Br2ClN2O/c11-3-6-1-9(16)15(5-6)10-8(12)2-7(13)4-14-10/h2,4,6H,1,3,5H2. The molecular weight excluding hydrogens is 359 g/mol. The third-order valence-corrected chi connectivity index (χ3v) is 4.17. The van der Waals surface area contributed by atoms with E-state index in [-0.39, 0.29) is 5.91 Å². The highest BCUT2D eigenvalue weighted by Crippen LogP contribution is 2.31. The second-order valence-corrected chi connectivity index (χ2v) is 5.63. The lowest BCUT2D eigenvalue weighted by Gasteiger charge is -2.16. The lowest BCUT2D eigenvalue weighted by Crippen LogP contribution is -2.26. The van der Waals surface area contributed by atoms with Gasteiger partial charge in [-0.05, 0) is 27.9 Å². The molecule has 2 heterocycles. The van der Waals surface area contributed by atoms with Crippen molar-refractivity contribution in [1.29, 1.82) is 0 Å². The molecule has 0 aromatic carbocycles. The van der Waals surface area contributed by atoms with Crippen LogP contribution in [0.5, 0.6) is 0 Å². The molecule has 0 bridgehead atoms. The Labute approximate surface area is 115 Å². The normalized spacial score (nSPS) is 20.6. The Balaban J connectivity index is 2.28. The predicted molar refractivity (Wildman–Crippen MR) is 71.2 cm³/mol. The Morgan fingerprint density at radius 1 is 1.62 bits per heavy atom. The molecule has 0 N–H and O–H groups in total. The number of amides is 1. The van der Waals surface area contributed by atoms with Gasteiger partial charge in [0.1, 0.15) is 5.82 Å². The van der Waals surface area contributed by atoms with Gasteiger partial charge in [-0.1, -0.05) is 27.5 Å². The van der Waals surface area contributed by atoms with Crippen LogP contribution in [-0.4, -0.2) is 22.8 Å². The molecule has 0 saturated carbocycles. The van der Waals surface area contributed by atoms with E-state index < -0.39 is 0 Å². The van der Waals surface area contributed by atoms with Crippen LogP contribution in [-0.2, 0) is 4.79 Å². The molecule has 1 fully saturated rings. The van der Waals surface area contributed by atoms with Crippen molar-refractivity contribution < 1.29 is 4.79 Å². The zero-order chi connectivity index (χ0) is 11.7. The summed E-state index contributed by atoms with van der Waals surface area (Å²) >= 11 is 12.6. The summed E-state index contributed by atoms with van der Waals surface area (Å²) in [5.41, 5.74) is 0. The molecule has 1 amide bonds. The van der Waals surface area contributed by atoms with E-state index in [1.54, 1.807) is 17.2 Å². The fourth-order valence-electron chi connectivity index (χ4n) is 1.70. The highest BCUT2D eigenvalue weighted by atomic mass is 79.9. The molecule has 1 aromatic heterocycles. The van der Waals surface area contributed by atoms with Gasteiger partial charge in [-0.15, -0.1) is 0 Å². The summed E-state index contributed by atoms with van der Waals surface area (Å²) in [5, 5.41) is 1.39. The lowest BCUT2D eigenvalue weighted by molar-refractivity contribution is -0.117. The van der Waals surface area contributed by atoms with Crippen LogP contribution in [0.2, 0.25) is 5.02 Å². The van der Waals surface area contributed by atoms with Crippen molar-refractivity contribution in [2.75, 3.05) is 16.8 Å². The van der Waals surface area contributed by atoms with Gasteiger partial charge < -0.3 is 0 Å². The lowest BCUT2D eigenvalue weighted by atomic mass is 10.2. The van der Waals surface area contributed by atoms with E-state index in [0.717, 1.165) is 9.80 Å². The van der Waals surface area contributed by atoms with Crippen molar-refractivity contribution in [3.8, 4) is 0 Å². The fourth-order valence-corrected chi connectivity index (χ4v) is 2.98. The van der Waals surface area contributed by atoms with Gasteiger partial charge in [0.05, 0.1) is 9.50 Å². The molecule has 1 aliphatic rings. The van der Waals surface area contributed by atoms with E-state index >= 15 is 0 Å². The molecule has 1 unspecified atom stereocenters. The van der Waals surface area contributed by atoms with Crippen LogP contribution in [0.1, 0.15) is 6.42 Å². The minimum absolute atomic E-state index is 0.111. The van der Waals surface area contributed by atoms with Crippen LogP contribution in [0.4, 0.5) is 5.82 Å². The molecule has 0 aliphatic carbocycles. The minimum atomic E-state index is 0.111. The van der Waals surface area contributed by atoms with Crippen LogP contribution in [0.15, 0.2) is 16.7 Å². The summed E-state index contributed by atoms with van der Waals surface area (Å²) in [6, 6.07) is 1.75. The van der Waals surface area contributed by atoms with Gasteiger partial charge in [-0.2, -0.15) is 0 Å². The van der Waals surface area contributed by atoms with Gasteiger partial charge in [0.25, 0.3) is 0 Å². The first-order chi connectivity index (χ1) is 7.61. The largest absolute Gasteiger partial charge is 0.296 e. The smallest absolute Gasteiger partial charge is 0.228 e. The number of alkyl halides is 1. The molecule has 0 spiro atoms. The summed E-state index contributed by atoms with van der Waals surface area (Å²) in [6.07, 6.45) is 2.12. The minimum Gasteiger partial charge on any atom is -0.296 e. The first-order valence-corrected chi connectivity index (χ1v) is 7.08. The van der Waals surface area contributed by atoms with Crippen LogP contribution >= 0.6 is 43.5 Å². The predicted octanol–water partition coefficient (Wildman–Crippen LogP) is 3.25. The second kappa shape index (κ2) is 5.02. The van der Waals surface area contributed by atoms with Crippen LogP contribution in [0, 0.1) is 5.92 Å². The molecule has 1 atom stereocenters. The van der Waals surface area contributed by atoms with E-state index in [2.05, 4.69) is 36.8 Å². The van der Waals surface area contributed by atoms with E-state index in [0.29, 0.717) is 29.7 Å². The molecule has 2 rings (SSSR count). The van der Waals surface area contributed by atoms with Gasteiger partial charge >= 0.3 is 0 Å². The molecule has 6 heteroatoms. The zero-order valence-electron chi connectivity index (χ0n) is 8.29. The van der Waals surface area contributed by atoms with E-state index in [9.17, 15) is 4.79 Å². The zero-order valence-corrected chi connectivity index (χ0v) is 12.2. The van der Waals surface area contributed by atoms with E-state index in [1.165, 1.54) is 0 Å². The van der Waals surface area contributed by atoms with E-state index in [4.69, 9.17) is 11.6 Å². The number of aromatic nitrogens is 1. The summed E-state index contributed by atoms with van der Waals surface area (Å²) in [5.74, 6) is 1.12. The summed E-state index contributed by atoms with van der Waals surface area (Å²) in [4.78, 5) is 17.7. The number of rotatable bonds is 2. The van der Waals surface area contributed by atoms with Gasteiger partial charge in [-0.3, -0.25) is 9.69 Å². The third kappa shape index (κ3) is 2.41. The Kier molecular flexibility index (Phi) is 3.87. The summed E-state index contributed by atoms with van der Waals surface area (Å²) in [7, 11) is 0. The van der Waals surface area contributed by atoms with Gasteiger partial charge in [0.2, 0.25) is 5.91 Å². The second-order valence-electron chi connectivity index (χ2n) is 3.69. The first-order valence-electron chi connectivity index (χ1n) is 4.79. The Bertz CT molecular complexity index is 427.